The molecule has 0 aliphatic heterocycles. The van der Waals surface area contributed by atoms with E-state index in [0.717, 1.165) is 0 Å². The van der Waals surface area contributed by atoms with Crippen molar-refractivity contribution in [3.8, 4) is 6.07 Å². The predicted molar refractivity (Wildman–Crippen MR) is 61.4 cm³/mol. The number of halogens is 1. The van der Waals surface area contributed by atoms with Crippen LogP contribution >= 0.6 is 22.9 Å². The monoisotopic (exact) mass is 245 g/mol. The van der Waals surface area contributed by atoms with Crippen LogP contribution in [0.3, 0.4) is 0 Å². The molecule has 0 aromatic carbocycles. The van der Waals surface area contributed by atoms with Crippen molar-refractivity contribution in [2.24, 2.45) is 0 Å². The number of hydrogen-bond acceptors (Lipinski definition) is 5. The van der Waals surface area contributed by atoms with Gasteiger partial charge in [-0.1, -0.05) is 22.9 Å². The molecule has 1 N–H and O–H groups in total. The number of hydrogen-bond donors (Lipinski definition) is 1. The highest BCUT2D eigenvalue weighted by Gasteiger charge is 2.17. The van der Waals surface area contributed by atoms with Crippen LogP contribution < -0.4 is 5.32 Å². The molecule has 0 radical (unpaired) electrons. The summed E-state index contributed by atoms with van der Waals surface area (Å²) < 4.78 is 5.24. The van der Waals surface area contributed by atoms with Crippen molar-refractivity contribution in [3.05, 3.63) is 10.0 Å². The first-order valence-electron chi connectivity index (χ1n) is 4.34. The third kappa shape index (κ3) is 3.34. The van der Waals surface area contributed by atoms with Crippen LogP contribution in [-0.4, -0.2) is 24.2 Å². The van der Waals surface area contributed by atoms with E-state index >= 15 is 0 Å². The zero-order valence-corrected chi connectivity index (χ0v) is 10.4. The number of anilines is 1. The number of methoxy groups -OCH3 is 1. The van der Waals surface area contributed by atoms with Crippen LogP contribution in [0.2, 0.25) is 5.15 Å². The van der Waals surface area contributed by atoms with Gasteiger partial charge in [-0.15, -0.1) is 0 Å². The molecule has 0 aliphatic carbocycles. The molecule has 0 amide bonds. The van der Waals surface area contributed by atoms with Crippen LogP contribution in [0.5, 0.6) is 0 Å². The Morgan fingerprint density at radius 2 is 2.33 bits per heavy atom. The molecule has 0 aliphatic rings. The van der Waals surface area contributed by atoms with Crippen LogP contribution in [-0.2, 0) is 4.74 Å². The van der Waals surface area contributed by atoms with Crippen LogP contribution in [0.4, 0.5) is 5.13 Å². The van der Waals surface area contributed by atoms with E-state index in [1.807, 2.05) is 19.9 Å². The maximum atomic E-state index is 8.69. The zero-order valence-electron chi connectivity index (χ0n) is 8.80. The summed E-state index contributed by atoms with van der Waals surface area (Å²) in [5.74, 6) is 0. The Kier molecular flexibility index (Phi) is 3.91. The van der Waals surface area contributed by atoms with Gasteiger partial charge in [0.25, 0.3) is 0 Å². The molecule has 1 aromatic rings. The van der Waals surface area contributed by atoms with E-state index in [2.05, 4.69) is 10.3 Å². The maximum Gasteiger partial charge on any atom is 0.185 e. The Labute approximate surface area is 97.8 Å². The topological polar surface area (TPSA) is 57.9 Å². The van der Waals surface area contributed by atoms with Crippen LogP contribution in [0, 0.1) is 11.3 Å². The number of ether oxygens (including phenoxy) is 1. The number of nitriles is 1. The van der Waals surface area contributed by atoms with E-state index in [1.54, 1.807) is 7.11 Å². The van der Waals surface area contributed by atoms with E-state index < -0.39 is 0 Å². The van der Waals surface area contributed by atoms with E-state index in [-0.39, 0.29) is 10.8 Å². The zero-order chi connectivity index (χ0) is 11.5. The van der Waals surface area contributed by atoms with Gasteiger partial charge >= 0.3 is 0 Å². The number of rotatable bonds is 4. The molecule has 1 heterocycles. The highest BCUT2D eigenvalue weighted by atomic mass is 35.5. The molecule has 4 nitrogen and oxygen atoms in total. The Bertz CT molecular complexity index is 383. The summed E-state index contributed by atoms with van der Waals surface area (Å²) in [5.41, 5.74) is -0.273. The van der Waals surface area contributed by atoms with Gasteiger partial charge in [0.2, 0.25) is 0 Å². The average molecular weight is 246 g/mol. The van der Waals surface area contributed by atoms with Gasteiger partial charge in [0.05, 0.1) is 5.60 Å². The Hall–Kier alpha value is -0.830. The first-order chi connectivity index (χ1) is 6.98. The van der Waals surface area contributed by atoms with Crippen LogP contribution in [0.15, 0.2) is 0 Å². The molecule has 0 saturated carbocycles. The molecular weight excluding hydrogens is 234 g/mol. The summed E-state index contributed by atoms with van der Waals surface area (Å²) in [6.07, 6.45) is 0. The predicted octanol–water partition coefficient (Wildman–Crippen LogP) is 2.51. The second kappa shape index (κ2) is 4.79. The van der Waals surface area contributed by atoms with E-state index in [4.69, 9.17) is 21.6 Å². The first-order valence-corrected chi connectivity index (χ1v) is 5.53. The van der Waals surface area contributed by atoms with Crippen molar-refractivity contribution in [1.29, 1.82) is 5.26 Å². The maximum absolute atomic E-state index is 8.69. The van der Waals surface area contributed by atoms with E-state index in [1.165, 1.54) is 11.3 Å². The fourth-order valence-corrected chi connectivity index (χ4v) is 1.75. The van der Waals surface area contributed by atoms with Gasteiger partial charge in [-0.2, -0.15) is 5.26 Å². The largest absolute Gasteiger partial charge is 0.377 e. The number of thiazole rings is 1. The molecule has 0 bridgehead atoms. The lowest BCUT2D eigenvalue weighted by atomic mass is 10.1. The normalized spacial score (nSPS) is 11.1. The average Bonchev–Trinajstić information content (AvgIpc) is 2.56. The Balaban J connectivity index is 2.63. The van der Waals surface area contributed by atoms with Crippen LogP contribution in [0.25, 0.3) is 0 Å². The van der Waals surface area contributed by atoms with Gasteiger partial charge in [-0.25, -0.2) is 4.98 Å². The van der Waals surface area contributed by atoms with Gasteiger partial charge in [0.15, 0.2) is 10.3 Å². The smallest absolute Gasteiger partial charge is 0.185 e. The number of nitrogens with zero attached hydrogens (tertiary/aromatic N) is 2. The van der Waals surface area contributed by atoms with Crippen LogP contribution in [0.1, 0.15) is 18.7 Å². The second-order valence-electron chi connectivity index (χ2n) is 3.57. The molecule has 82 valence electrons. The molecule has 15 heavy (non-hydrogen) atoms. The molecule has 1 rings (SSSR count). The minimum atomic E-state index is -0.273. The third-order valence-corrected chi connectivity index (χ3v) is 3.21. The molecule has 0 fully saturated rings. The lowest BCUT2D eigenvalue weighted by Gasteiger charge is -2.22. The van der Waals surface area contributed by atoms with Gasteiger partial charge in [0, 0.05) is 13.7 Å². The van der Waals surface area contributed by atoms with Crippen molar-refractivity contribution in [1.82, 2.24) is 4.98 Å². The van der Waals surface area contributed by atoms with Crippen molar-refractivity contribution >= 4 is 28.1 Å². The minimum absolute atomic E-state index is 0.250. The molecule has 6 heteroatoms. The summed E-state index contributed by atoms with van der Waals surface area (Å²) in [6.45, 7) is 4.53. The first kappa shape index (κ1) is 12.2. The highest BCUT2D eigenvalue weighted by Crippen LogP contribution is 2.26. The summed E-state index contributed by atoms with van der Waals surface area (Å²) in [6, 6.07) is 1.98. The van der Waals surface area contributed by atoms with Crippen molar-refractivity contribution in [2.75, 3.05) is 19.0 Å². The molecule has 0 spiro atoms. The van der Waals surface area contributed by atoms with Gasteiger partial charge in [0.1, 0.15) is 10.9 Å². The highest BCUT2D eigenvalue weighted by molar-refractivity contribution is 7.16. The van der Waals surface area contributed by atoms with Crippen molar-refractivity contribution in [2.45, 2.75) is 19.4 Å². The standard InChI is InChI=1S/C9H12ClN3OS/c1-9(2,14-3)5-12-8-13-7(10)6(4-11)15-8/h5H2,1-3H3,(H,12,13). The lowest BCUT2D eigenvalue weighted by Crippen LogP contribution is -2.31. The quantitative estimate of drug-likeness (QED) is 0.886. The van der Waals surface area contributed by atoms with Crippen molar-refractivity contribution in [3.63, 3.8) is 0 Å². The molecule has 1 aromatic heterocycles. The molecule has 0 unspecified atom stereocenters. The van der Waals surface area contributed by atoms with Gasteiger partial charge in [-0.05, 0) is 13.8 Å². The Morgan fingerprint density at radius 1 is 1.67 bits per heavy atom. The van der Waals surface area contributed by atoms with Gasteiger partial charge in [-0.3, -0.25) is 0 Å². The minimum Gasteiger partial charge on any atom is -0.377 e. The summed E-state index contributed by atoms with van der Waals surface area (Å²) >= 11 is 6.97. The number of aromatic nitrogens is 1. The van der Waals surface area contributed by atoms with E-state index in [9.17, 15) is 0 Å². The number of nitrogens with one attached hydrogen (secondary N) is 1. The van der Waals surface area contributed by atoms with Gasteiger partial charge < -0.3 is 10.1 Å². The molecule has 0 atom stereocenters. The lowest BCUT2D eigenvalue weighted by molar-refractivity contribution is 0.0344. The fraction of sp³-hybridized carbons (Fsp3) is 0.556. The third-order valence-electron chi connectivity index (χ3n) is 1.91. The Morgan fingerprint density at radius 3 is 2.80 bits per heavy atom. The summed E-state index contributed by atoms with van der Waals surface area (Å²) in [5, 5.41) is 12.7. The molecule has 0 saturated heterocycles. The second-order valence-corrected chi connectivity index (χ2v) is 4.93. The van der Waals surface area contributed by atoms with E-state index in [0.29, 0.717) is 16.6 Å². The van der Waals surface area contributed by atoms with Crippen molar-refractivity contribution < 1.29 is 4.74 Å². The summed E-state index contributed by atoms with van der Waals surface area (Å²) in [7, 11) is 1.65. The molecular formula is C9H12ClN3OS. The SMILES string of the molecule is COC(C)(C)CNc1nc(Cl)c(C#N)s1. The summed E-state index contributed by atoms with van der Waals surface area (Å²) in [4.78, 5) is 4.44. The fourth-order valence-electron chi connectivity index (χ4n) is 0.807.